The van der Waals surface area contributed by atoms with Gasteiger partial charge in [0.1, 0.15) is 4.91 Å². The van der Waals surface area contributed by atoms with Crippen LogP contribution < -0.4 is 0 Å². The molecule has 94 valence electrons. The van der Waals surface area contributed by atoms with Crippen molar-refractivity contribution >= 4 is 29.5 Å². The first-order valence-electron chi connectivity index (χ1n) is 5.35. The highest BCUT2D eigenvalue weighted by molar-refractivity contribution is 8.03. The van der Waals surface area contributed by atoms with Gasteiger partial charge >= 0.3 is 11.9 Å². The molecule has 1 aromatic carbocycles. The van der Waals surface area contributed by atoms with Crippen molar-refractivity contribution in [2.24, 2.45) is 0 Å². The summed E-state index contributed by atoms with van der Waals surface area (Å²) >= 11 is 1.32. The Labute approximate surface area is 109 Å². The van der Waals surface area contributed by atoms with E-state index in [1.807, 2.05) is 24.3 Å². The van der Waals surface area contributed by atoms with E-state index in [4.69, 9.17) is 9.47 Å². The Bertz CT molecular complexity index is 534. The number of carbonyl (C=O) groups excluding carboxylic acids is 2. The topological polar surface area (TPSA) is 52.6 Å². The molecule has 0 saturated carbocycles. The van der Waals surface area contributed by atoms with Crippen LogP contribution >= 0.6 is 11.8 Å². The van der Waals surface area contributed by atoms with Crippen LogP contribution in [-0.4, -0.2) is 19.0 Å². The van der Waals surface area contributed by atoms with Crippen LogP contribution in [0.25, 0.3) is 5.76 Å². The molecule has 1 aromatic rings. The van der Waals surface area contributed by atoms with Crippen LogP contribution in [0, 0.1) is 0 Å². The standard InChI is InChI=1S/C13H12O4S/c1-8(14)17-11-10-6-4-3-5-9(10)7-18-12(11)13(15)16-2/h3-6H,7H2,1-2H3. The number of rotatable bonds is 2. The molecule has 0 atom stereocenters. The third-order valence-corrected chi connectivity index (χ3v) is 3.55. The molecule has 0 radical (unpaired) electrons. The lowest BCUT2D eigenvalue weighted by atomic mass is 10.1. The second kappa shape index (κ2) is 5.27. The second-order valence-corrected chi connectivity index (χ2v) is 4.67. The van der Waals surface area contributed by atoms with Crippen molar-refractivity contribution in [2.45, 2.75) is 12.7 Å². The van der Waals surface area contributed by atoms with Gasteiger partial charge in [0.05, 0.1) is 7.11 Å². The fourth-order valence-electron chi connectivity index (χ4n) is 1.69. The predicted molar refractivity (Wildman–Crippen MR) is 68.4 cm³/mol. The number of esters is 2. The van der Waals surface area contributed by atoms with E-state index in [9.17, 15) is 9.59 Å². The van der Waals surface area contributed by atoms with Gasteiger partial charge in [0.2, 0.25) is 0 Å². The highest BCUT2D eigenvalue weighted by atomic mass is 32.2. The normalized spacial score (nSPS) is 13.9. The maximum Gasteiger partial charge on any atom is 0.348 e. The van der Waals surface area contributed by atoms with Gasteiger partial charge in [0.25, 0.3) is 0 Å². The van der Waals surface area contributed by atoms with Gasteiger partial charge in [-0.2, -0.15) is 0 Å². The molecular formula is C13H12O4S. The smallest absolute Gasteiger partial charge is 0.348 e. The van der Waals surface area contributed by atoms with Crippen LogP contribution in [-0.2, 0) is 24.8 Å². The molecule has 0 aromatic heterocycles. The fourth-order valence-corrected chi connectivity index (χ4v) is 2.73. The molecule has 0 bridgehead atoms. The first kappa shape index (κ1) is 12.7. The van der Waals surface area contributed by atoms with E-state index in [1.54, 1.807) is 0 Å². The Hall–Kier alpha value is -1.75. The van der Waals surface area contributed by atoms with E-state index >= 15 is 0 Å². The molecule has 2 rings (SSSR count). The SMILES string of the molecule is COC(=O)C1=C(OC(C)=O)c2ccccc2CS1. The maximum atomic E-state index is 11.7. The van der Waals surface area contributed by atoms with Gasteiger partial charge < -0.3 is 9.47 Å². The number of benzene rings is 1. The van der Waals surface area contributed by atoms with Crippen LogP contribution in [0.2, 0.25) is 0 Å². The minimum absolute atomic E-state index is 0.293. The Morgan fingerprint density at radius 2 is 2.00 bits per heavy atom. The zero-order valence-electron chi connectivity index (χ0n) is 10.1. The summed E-state index contributed by atoms with van der Waals surface area (Å²) in [6.45, 7) is 1.31. The molecule has 4 nitrogen and oxygen atoms in total. The molecule has 1 heterocycles. The summed E-state index contributed by atoms with van der Waals surface area (Å²) in [5, 5.41) is 0. The monoisotopic (exact) mass is 264 g/mol. The van der Waals surface area contributed by atoms with Crippen molar-refractivity contribution in [1.82, 2.24) is 0 Å². The Morgan fingerprint density at radius 3 is 2.67 bits per heavy atom. The average molecular weight is 264 g/mol. The lowest BCUT2D eigenvalue weighted by Crippen LogP contribution is -2.13. The summed E-state index contributed by atoms with van der Waals surface area (Å²) in [6.07, 6.45) is 0. The molecule has 5 heteroatoms. The first-order valence-corrected chi connectivity index (χ1v) is 6.34. The van der Waals surface area contributed by atoms with Crippen molar-refractivity contribution in [2.75, 3.05) is 7.11 Å². The molecule has 0 saturated heterocycles. The minimum atomic E-state index is -0.481. The first-order chi connectivity index (χ1) is 8.63. The average Bonchev–Trinajstić information content (AvgIpc) is 2.37. The highest BCUT2D eigenvalue weighted by Crippen LogP contribution is 2.38. The van der Waals surface area contributed by atoms with Gasteiger partial charge in [-0.3, -0.25) is 4.79 Å². The summed E-state index contributed by atoms with van der Waals surface area (Å²) in [6, 6.07) is 7.53. The number of thioether (sulfide) groups is 1. The van der Waals surface area contributed by atoms with Crippen LogP contribution in [0.1, 0.15) is 18.1 Å². The number of methoxy groups -OCH3 is 1. The third-order valence-electron chi connectivity index (χ3n) is 2.46. The Morgan fingerprint density at radius 1 is 1.28 bits per heavy atom. The van der Waals surface area contributed by atoms with E-state index < -0.39 is 11.9 Å². The largest absolute Gasteiger partial charge is 0.465 e. The van der Waals surface area contributed by atoms with Crippen molar-refractivity contribution < 1.29 is 19.1 Å². The molecule has 18 heavy (non-hydrogen) atoms. The van der Waals surface area contributed by atoms with Crippen LogP contribution in [0.4, 0.5) is 0 Å². The molecule has 0 amide bonds. The maximum absolute atomic E-state index is 11.7. The van der Waals surface area contributed by atoms with E-state index in [2.05, 4.69) is 0 Å². The third kappa shape index (κ3) is 2.41. The predicted octanol–water partition coefficient (Wildman–Crippen LogP) is 2.34. The van der Waals surface area contributed by atoms with Gasteiger partial charge in [-0.15, -0.1) is 11.8 Å². The lowest BCUT2D eigenvalue weighted by molar-refractivity contribution is -0.135. The summed E-state index contributed by atoms with van der Waals surface area (Å²) in [7, 11) is 1.31. The van der Waals surface area contributed by atoms with E-state index in [0.29, 0.717) is 16.4 Å². The summed E-state index contributed by atoms with van der Waals surface area (Å²) in [5.41, 5.74) is 1.80. The highest BCUT2D eigenvalue weighted by Gasteiger charge is 2.27. The van der Waals surface area contributed by atoms with Crippen LogP contribution in [0.5, 0.6) is 0 Å². The Kier molecular flexibility index (Phi) is 3.72. The molecule has 0 aliphatic carbocycles. The lowest BCUT2D eigenvalue weighted by Gasteiger charge is -2.20. The molecule has 0 unspecified atom stereocenters. The summed E-state index contributed by atoms with van der Waals surface area (Å²) < 4.78 is 9.88. The second-order valence-electron chi connectivity index (χ2n) is 3.69. The molecule has 0 spiro atoms. The number of carbonyl (C=O) groups is 2. The van der Waals surface area contributed by atoms with Crippen LogP contribution in [0.15, 0.2) is 29.2 Å². The van der Waals surface area contributed by atoms with Gasteiger partial charge in [-0.25, -0.2) is 4.79 Å². The van der Waals surface area contributed by atoms with Crippen molar-refractivity contribution in [1.29, 1.82) is 0 Å². The zero-order valence-corrected chi connectivity index (χ0v) is 10.9. The van der Waals surface area contributed by atoms with E-state index in [-0.39, 0.29) is 0 Å². The number of hydrogen-bond acceptors (Lipinski definition) is 5. The van der Waals surface area contributed by atoms with Gasteiger partial charge in [0, 0.05) is 18.2 Å². The Balaban J connectivity index is 2.53. The van der Waals surface area contributed by atoms with Crippen LogP contribution in [0.3, 0.4) is 0 Å². The van der Waals surface area contributed by atoms with E-state index in [1.165, 1.54) is 25.8 Å². The summed E-state index contributed by atoms with van der Waals surface area (Å²) in [5.74, 6) is 0.0152. The molecular weight excluding hydrogens is 252 g/mol. The van der Waals surface area contributed by atoms with E-state index in [0.717, 1.165) is 11.1 Å². The van der Waals surface area contributed by atoms with Gasteiger partial charge in [-0.05, 0) is 5.56 Å². The summed E-state index contributed by atoms with van der Waals surface area (Å²) in [4.78, 5) is 23.2. The molecule has 1 aliphatic rings. The van der Waals surface area contributed by atoms with Crippen molar-refractivity contribution in [3.05, 3.63) is 40.3 Å². The molecule has 0 fully saturated rings. The fraction of sp³-hybridized carbons (Fsp3) is 0.231. The van der Waals surface area contributed by atoms with Gasteiger partial charge in [-0.1, -0.05) is 24.3 Å². The van der Waals surface area contributed by atoms with Crippen molar-refractivity contribution in [3.63, 3.8) is 0 Å². The molecule has 0 N–H and O–H groups in total. The number of hydrogen-bond donors (Lipinski definition) is 0. The number of fused-ring (bicyclic) bond motifs is 1. The number of ether oxygens (including phenoxy) is 2. The quantitative estimate of drug-likeness (QED) is 0.767. The minimum Gasteiger partial charge on any atom is -0.465 e. The van der Waals surface area contributed by atoms with Gasteiger partial charge in [0.15, 0.2) is 5.76 Å². The molecule has 1 aliphatic heterocycles. The zero-order chi connectivity index (χ0) is 13.1. The van der Waals surface area contributed by atoms with Crippen molar-refractivity contribution in [3.8, 4) is 0 Å².